The Balaban J connectivity index is 1.97. The first kappa shape index (κ1) is 24.3. The van der Waals surface area contributed by atoms with Gasteiger partial charge in [-0.3, -0.25) is 0 Å². The molecule has 1 aromatic heterocycles. The van der Waals surface area contributed by atoms with Gasteiger partial charge in [0.25, 0.3) is 0 Å². The highest BCUT2D eigenvalue weighted by Gasteiger charge is 2.48. The summed E-state index contributed by atoms with van der Waals surface area (Å²) in [6.45, 7) is 3.35. The van der Waals surface area contributed by atoms with Crippen LogP contribution in [0.4, 0.5) is 26.3 Å². The topological polar surface area (TPSA) is 35.0 Å². The first-order valence-corrected chi connectivity index (χ1v) is 10.8. The van der Waals surface area contributed by atoms with Gasteiger partial charge in [-0.1, -0.05) is 19.8 Å². The molecule has 0 amide bonds. The molecule has 176 valence electrons. The molecule has 2 aromatic rings. The highest BCUT2D eigenvalue weighted by atomic mass is 19.4. The van der Waals surface area contributed by atoms with Crippen molar-refractivity contribution < 1.29 is 31.1 Å². The highest BCUT2D eigenvalue weighted by Crippen LogP contribution is 2.48. The van der Waals surface area contributed by atoms with Crippen LogP contribution >= 0.6 is 0 Å². The van der Waals surface area contributed by atoms with Crippen LogP contribution in [0.15, 0.2) is 24.5 Å². The highest BCUT2D eigenvalue weighted by molar-refractivity contribution is 5.67. The van der Waals surface area contributed by atoms with Crippen LogP contribution in [0.3, 0.4) is 0 Å². The third kappa shape index (κ3) is 5.35. The molecule has 0 atom stereocenters. The second-order valence-electron chi connectivity index (χ2n) is 8.14. The smallest absolute Gasteiger partial charge is 0.420 e. The molecule has 0 saturated heterocycles. The van der Waals surface area contributed by atoms with Crippen molar-refractivity contribution in [2.45, 2.75) is 70.6 Å². The van der Waals surface area contributed by atoms with Crippen LogP contribution in [0.5, 0.6) is 5.75 Å². The van der Waals surface area contributed by atoms with Crippen molar-refractivity contribution in [2.24, 2.45) is 5.92 Å². The van der Waals surface area contributed by atoms with Gasteiger partial charge in [0, 0.05) is 18.0 Å². The fourth-order valence-electron chi connectivity index (χ4n) is 4.50. The molecule has 9 heteroatoms. The minimum atomic E-state index is -5.27. The minimum Gasteiger partial charge on any atom is -0.493 e. The van der Waals surface area contributed by atoms with E-state index in [1.165, 1.54) is 25.7 Å². The number of halogens is 6. The normalized spacial score (nSPS) is 19.8. The van der Waals surface area contributed by atoms with Crippen molar-refractivity contribution >= 4 is 0 Å². The Morgan fingerprint density at radius 3 is 1.97 bits per heavy atom. The minimum absolute atomic E-state index is 0.203. The van der Waals surface area contributed by atoms with Crippen LogP contribution in [0.1, 0.15) is 75.0 Å². The Bertz CT molecular complexity index is 900. The fourth-order valence-corrected chi connectivity index (χ4v) is 4.50. The average Bonchev–Trinajstić information content (AvgIpc) is 2.73. The van der Waals surface area contributed by atoms with E-state index in [1.54, 1.807) is 0 Å². The number of hydrogen-bond donors (Lipinski definition) is 0. The standard InChI is InChI=1S/C23H26F6N2O/c1-3-5-14-6-8-15(9-7-14)16-12-30-21(31-13-16)17-10-11-18(32-4-2)20(23(27,28)29)19(17)22(24,25)26/h10-15H,3-9H2,1-2H3. The second kappa shape index (κ2) is 9.67. The molecular formula is C23H26F6N2O. The zero-order valence-corrected chi connectivity index (χ0v) is 18.0. The zero-order valence-electron chi connectivity index (χ0n) is 18.0. The summed E-state index contributed by atoms with van der Waals surface area (Å²) in [7, 11) is 0. The summed E-state index contributed by atoms with van der Waals surface area (Å²) in [5, 5.41) is 0. The van der Waals surface area contributed by atoms with Gasteiger partial charge in [0.1, 0.15) is 11.3 Å². The predicted octanol–water partition coefficient (Wildman–Crippen LogP) is 7.65. The Morgan fingerprint density at radius 1 is 0.875 bits per heavy atom. The lowest BCUT2D eigenvalue weighted by molar-refractivity contribution is -0.162. The number of hydrogen-bond acceptors (Lipinski definition) is 3. The molecule has 1 fully saturated rings. The van der Waals surface area contributed by atoms with Crippen molar-refractivity contribution in [2.75, 3.05) is 6.61 Å². The number of aromatic nitrogens is 2. The van der Waals surface area contributed by atoms with E-state index in [0.717, 1.165) is 49.8 Å². The monoisotopic (exact) mass is 460 g/mol. The fraction of sp³-hybridized carbons (Fsp3) is 0.565. The lowest BCUT2D eigenvalue weighted by atomic mass is 9.78. The van der Waals surface area contributed by atoms with E-state index in [9.17, 15) is 26.3 Å². The average molecular weight is 460 g/mol. The molecule has 0 unspecified atom stereocenters. The van der Waals surface area contributed by atoms with E-state index in [2.05, 4.69) is 16.9 Å². The molecule has 1 aromatic carbocycles. The first-order valence-electron chi connectivity index (χ1n) is 10.8. The Labute approximate surface area is 183 Å². The van der Waals surface area contributed by atoms with Crippen LogP contribution in [0.2, 0.25) is 0 Å². The van der Waals surface area contributed by atoms with Crippen molar-refractivity contribution in [1.29, 1.82) is 0 Å². The first-order chi connectivity index (χ1) is 15.1. The molecular weight excluding hydrogens is 434 g/mol. The van der Waals surface area contributed by atoms with Crippen molar-refractivity contribution in [1.82, 2.24) is 9.97 Å². The van der Waals surface area contributed by atoms with E-state index < -0.39 is 40.6 Å². The molecule has 32 heavy (non-hydrogen) atoms. The van der Waals surface area contributed by atoms with Gasteiger partial charge in [-0.2, -0.15) is 26.3 Å². The van der Waals surface area contributed by atoms with Crippen molar-refractivity contribution in [3.8, 4) is 17.1 Å². The van der Waals surface area contributed by atoms with Gasteiger partial charge in [0.15, 0.2) is 5.82 Å². The number of benzene rings is 1. The maximum atomic E-state index is 13.8. The number of nitrogens with zero attached hydrogens (tertiary/aromatic N) is 2. The van der Waals surface area contributed by atoms with Gasteiger partial charge in [-0.25, -0.2) is 9.97 Å². The van der Waals surface area contributed by atoms with E-state index in [-0.39, 0.29) is 12.5 Å². The van der Waals surface area contributed by atoms with E-state index in [1.807, 2.05) is 0 Å². The summed E-state index contributed by atoms with van der Waals surface area (Å²) in [4.78, 5) is 8.07. The van der Waals surface area contributed by atoms with E-state index >= 15 is 0 Å². The summed E-state index contributed by atoms with van der Waals surface area (Å²) < 4.78 is 87.2. The molecule has 0 spiro atoms. The van der Waals surface area contributed by atoms with E-state index in [4.69, 9.17) is 4.74 Å². The van der Waals surface area contributed by atoms with E-state index in [0.29, 0.717) is 5.92 Å². The lowest BCUT2D eigenvalue weighted by Crippen LogP contribution is -2.20. The summed E-state index contributed by atoms with van der Waals surface area (Å²) in [5.41, 5.74) is -3.60. The quantitative estimate of drug-likeness (QED) is 0.415. The molecule has 1 saturated carbocycles. The van der Waals surface area contributed by atoms with Gasteiger partial charge < -0.3 is 4.74 Å². The molecule has 1 aliphatic rings. The van der Waals surface area contributed by atoms with Crippen LogP contribution in [-0.4, -0.2) is 16.6 Å². The van der Waals surface area contributed by atoms with Crippen molar-refractivity contribution in [3.05, 3.63) is 41.2 Å². The van der Waals surface area contributed by atoms with Gasteiger partial charge in [-0.05, 0) is 62.1 Å². The molecule has 1 heterocycles. The molecule has 0 radical (unpaired) electrons. The molecule has 0 aliphatic heterocycles. The number of rotatable bonds is 6. The summed E-state index contributed by atoms with van der Waals surface area (Å²) in [6.07, 6.45) is -1.29. The second-order valence-corrected chi connectivity index (χ2v) is 8.14. The van der Waals surface area contributed by atoms with Crippen LogP contribution in [0.25, 0.3) is 11.4 Å². The Hall–Kier alpha value is -2.32. The third-order valence-corrected chi connectivity index (χ3v) is 5.96. The Kier molecular flexibility index (Phi) is 7.35. The van der Waals surface area contributed by atoms with Gasteiger partial charge >= 0.3 is 12.4 Å². The Morgan fingerprint density at radius 2 is 1.47 bits per heavy atom. The maximum absolute atomic E-state index is 13.8. The molecule has 1 aliphatic carbocycles. The van der Waals surface area contributed by atoms with Gasteiger partial charge in [0.2, 0.25) is 0 Å². The third-order valence-electron chi connectivity index (χ3n) is 5.96. The number of alkyl halides is 6. The zero-order chi connectivity index (χ0) is 23.5. The maximum Gasteiger partial charge on any atom is 0.420 e. The summed E-state index contributed by atoms with van der Waals surface area (Å²) in [5.74, 6) is -0.355. The van der Waals surface area contributed by atoms with Gasteiger partial charge in [0.05, 0.1) is 12.2 Å². The SMILES string of the molecule is CCCC1CCC(c2cnc(-c3ccc(OCC)c(C(F)(F)F)c3C(F)(F)F)nc2)CC1. The largest absolute Gasteiger partial charge is 0.493 e. The predicted molar refractivity (Wildman–Crippen MR) is 108 cm³/mol. The molecule has 0 N–H and O–H groups in total. The van der Waals surface area contributed by atoms with Crippen molar-refractivity contribution in [3.63, 3.8) is 0 Å². The number of ether oxygens (including phenoxy) is 1. The lowest BCUT2D eigenvalue weighted by Gasteiger charge is -2.28. The molecule has 3 rings (SSSR count). The molecule has 0 bridgehead atoms. The van der Waals surface area contributed by atoms with Gasteiger partial charge in [-0.15, -0.1) is 0 Å². The molecule has 3 nitrogen and oxygen atoms in total. The summed E-state index contributed by atoms with van der Waals surface area (Å²) in [6, 6.07) is 1.83. The van der Waals surface area contributed by atoms with Crippen LogP contribution in [0, 0.1) is 5.92 Å². The van der Waals surface area contributed by atoms with Crippen LogP contribution < -0.4 is 4.74 Å². The summed E-state index contributed by atoms with van der Waals surface area (Å²) >= 11 is 0. The van der Waals surface area contributed by atoms with Crippen LogP contribution in [-0.2, 0) is 12.4 Å².